The van der Waals surface area contributed by atoms with Crippen LogP contribution in [0.4, 0.5) is 0 Å². The summed E-state index contributed by atoms with van der Waals surface area (Å²) in [6.45, 7) is 5.80. The van der Waals surface area contributed by atoms with E-state index in [0.717, 1.165) is 26.2 Å². The summed E-state index contributed by atoms with van der Waals surface area (Å²) in [6.07, 6.45) is 0. The second-order valence-electron chi connectivity index (χ2n) is 4.68. The fourth-order valence-corrected chi connectivity index (χ4v) is 1.90. The Hall–Kier alpha value is -0.720. The minimum Gasteiger partial charge on any atom is -0.392 e. The molecule has 0 bridgehead atoms. The lowest BCUT2D eigenvalue weighted by atomic mass is 10.2. The quantitative estimate of drug-likeness (QED) is 0.680. The van der Waals surface area contributed by atoms with Crippen LogP contribution in [0.1, 0.15) is 6.92 Å². The Morgan fingerprint density at radius 2 is 1.94 bits per heavy atom. The Balaban J connectivity index is 2.41. The van der Waals surface area contributed by atoms with Crippen molar-refractivity contribution in [3.05, 3.63) is 0 Å². The summed E-state index contributed by atoms with van der Waals surface area (Å²) in [7, 11) is 3.95. The fraction of sp³-hybridized carbons (Fsp3) is 0.818. The van der Waals surface area contributed by atoms with Gasteiger partial charge in [0, 0.05) is 26.2 Å². The largest absolute Gasteiger partial charge is 0.392 e. The lowest BCUT2D eigenvalue weighted by Crippen LogP contribution is -2.51. The van der Waals surface area contributed by atoms with Gasteiger partial charge in [-0.25, -0.2) is 0 Å². The second-order valence-corrected chi connectivity index (χ2v) is 5.15. The molecule has 1 aliphatic heterocycles. The van der Waals surface area contributed by atoms with E-state index < -0.39 is 0 Å². The molecule has 1 rings (SSSR count). The van der Waals surface area contributed by atoms with Crippen LogP contribution in [-0.4, -0.2) is 78.5 Å². The van der Waals surface area contributed by atoms with Gasteiger partial charge in [0.05, 0.1) is 17.6 Å². The van der Waals surface area contributed by atoms with Crippen molar-refractivity contribution in [1.82, 2.24) is 14.7 Å². The predicted molar refractivity (Wildman–Crippen MR) is 73.0 cm³/mol. The number of likely N-dealkylation sites (N-methyl/N-ethyl adjacent to an activating group) is 2. The molecule has 1 fully saturated rings. The van der Waals surface area contributed by atoms with Crippen LogP contribution in [0.5, 0.6) is 0 Å². The summed E-state index contributed by atoms with van der Waals surface area (Å²) in [5.74, 6) is 0.156. The third kappa shape index (κ3) is 4.22. The second kappa shape index (κ2) is 6.28. The number of rotatable bonds is 4. The van der Waals surface area contributed by atoms with Gasteiger partial charge in [0.15, 0.2) is 0 Å². The number of thiocarbonyl (C=S) groups is 1. The molecule has 17 heavy (non-hydrogen) atoms. The first-order chi connectivity index (χ1) is 7.91. The molecule has 1 heterocycles. The maximum atomic E-state index is 12.0. The van der Waals surface area contributed by atoms with Crippen molar-refractivity contribution in [1.29, 1.82) is 0 Å². The Labute approximate surface area is 109 Å². The number of hydrogen-bond donors (Lipinski definition) is 1. The molecule has 0 saturated carbocycles. The number of piperazine rings is 1. The van der Waals surface area contributed by atoms with Gasteiger partial charge < -0.3 is 15.5 Å². The zero-order valence-corrected chi connectivity index (χ0v) is 11.7. The minimum atomic E-state index is -0.0404. The van der Waals surface area contributed by atoms with Gasteiger partial charge in [-0.2, -0.15) is 0 Å². The van der Waals surface area contributed by atoms with E-state index in [1.165, 1.54) is 0 Å². The summed E-state index contributed by atoms with van der Waals surface area (Å²) in [5.41, 5.74) is 5.57. The van der Waals surface area contributed by atoms with E-state index in [9.17, 15) is 4.79 Å². The highest BCUT2D eigenvalue weighted by molar-refractivity contribution is 7.80. The van der Waals surface area contributed by atoms with E-state index in [-0.39, 0.29) is 11.9 Å². The third-order valence-corrected chi connectivity index (χ3v) is 3.65. The molecule has 0 aromatic heterocycles. The van der Waals surface area contributed by atoms with E-state index in [4.69, 9.17) is 18.0 Å². The predicted octanol–water partition coefficient (Wildman–Crippen LogP) is -0.633. The number of carbonyl (C=O) groups is 1. The molecule has 1 unspecified atom stereocenters. The monoisotopic (exact) mass is 258 g/mol. The molecular weight excluding hydrogens is 236 g/mol. The van der Waals surface area contributed by atoms with Crippen LogP contribution in [0.3, 0.4) is 0 Å². The molecule has 0 radical (unpaired) electrons. The molecule has 1 amide bonds. The number of carbonyl (C=O) groups excluding carboxylic acids is 1. The van der Waals surface area contributed by atoms with E-state index in [1.807, 2.05) is 23.8 Å². The number of hydrogen-bond acceptors (Lipinski definition) is 4. The van der Waals surface area contributed by atoms with E-state index >= 15 is 0 Å². The van der Waals surface area contributed by atoms with Crippen molar-refractivity contribution < 1.29 is 4.79 Å². The topological polar surface area (TPSA) is 52.8 Å². The lowest BCUT2D eigenvalue weighted by Gasteiger charge is -2.34. The molecular formula is C11H22N4OS. The van der Waals surface area contributed by atoms with Crippen LogP contribution in [-0.2, 0) is 4.79 Å². The summed E-state index contributed by atoms with van der Waals surface area (Å²) >= 11 is 4.92. The van der Waals surface area contributed by atoms with Crippen LogP contribution in [0, 0.1) is 0 Å². The van der Waals surface area contributed by atoms with Crippen molar-refractivity contribution in [3.8, 4) is 0 Å². The SMILES string of the molecule is CC(C(N)=S)N(C)CC(=O)N1CCN(C)CC1. The standard InChI is InChI=1S/C11H22N4OS/c1-9(11(12)17)14(3)8-10(16)15-6-4-13(2)5-7-15/h9H,4-8H2,1-3H3,(H2,12,17). The summed E-state index contributed by atoms with van der Waals surface area (Å²) in [5, 5.41) is 0. The number of nitrogens with two attached hydrogens (primary N) is 1. The molecule has 2 N–H and O–H groups in total. The fourth-order valence-electron chi connectivity index (χ4n) is 1.72. The third-order valence-electron chi connectivity index (χ3n) is 3.31. The van der Waals surface area contributed by atoms with Crippen molar-refractivity contribution in [2.45, 2.75) is 13.0 Å². The summed E-state index contributed by atoms with van der Waals surface area (Å²) in [6, 6.07) is -0.0404. The van der Waals surface area contributed by atoms with Crippen LogP contribution in [0.25, 0.3) is 0 Å². The normalized spacial score (nSPS) is 19.4. The lowest BCUT2D eigenvalue weighted by molar-refractivity contribution is -0.133. The van der Waals surface area contributed by atoms with Crippen LogP contribution in [0.2, 0.25) is 0 Å². The molecule has 1 saturated heterocycles. The van der Waals surface area contributed by atoms with Gasteiger partial charge in [0.2, 0.25) is 5.91 Å². The van der Waals surface area contributed by atoms with Crippen molar-refractivity contribution in [2.24, 2.45) is 5.73 Å². The molecule has 98 valence electrons. The molecule has 0 aromatic rings. The highest BCUT2D eigenvalue weighted by atomic mass is 32.1. The smallest absolute Gasteiger partial charge is 0.236 e. The van der Waals surface area contributed by atoms with Gasteiger partial charge in [-0.15, -0.1) is 0 Å². The molecule has 6 heteroatoms. The zero-order chi connectivity index (χ0) is 13.0. The Morgan fingerprint density at radius 3 is 2.41 bits per heavy atom. The van der Waals surface area contributed by atoms with Gasteiger partial charge in [0.25, 0.3) is 0 Å². The highest BCUT2D eigenvalue weighted by Crippen LogP contribution is 2.02. The van der Waals surface area contributed by atoms with Gasteiger partial charge in [0.1, 0.15) is 0 Å². The molecule has 1 aliphatic rings. The first-order valence-corrected chi connectivity index (χ1v) is 6.28. The molecule has 0 aromatic carbocycles. The number of amides is 1. The maximum Gasteiger partial charge on any atom is 0.236 e. The average molecular weight is 258 g/mol. The average Bonchev–Trinajstić information content (AvgIpc) is 2.28. The van der Waals surface area contributed by atoms with Gasteiger partial charge >= 0.3 is 0 Å². The van der Waals surface area contributed by atoms with E-state index in [0.29, 0.717) is 11.5 Å². The van der Waals surface area contributed by atoms with Crippen LogP contribution < -0.4 is 5.73 Å². The summed E-state index contributed by atoms with van der Waals surface area (Å²) < 4.78 is 0. The molecule has 1 atom stereocenters. The van der Waals surface area contributed by atoms with Gasteiger partial charge in [-0.1, -0.05) is 12.2 Å². The van der Waals surface area contributed by atoms with E-state index in [1.54, 1.807) is 0 Å². The molecule has 0 aliphatic carbocycles. The maximum absolute atomic E-state index is 12.0. The van der Waals surface area contributed by atoms with Crippen molar-refractivity contribution in [2.75, 3.05) is 46.8 Å². The highest BCUT2D eigenvalue weighted by Gasteiger charge is 2.22. The zero-order valence-electron chi connectivity index (χ0n) is 10.8. The molecule has 5 nitrogen and oxygen atoms in total. The first kappa shape index (κ1) is 14.3. The minimum absolute atomic E-state index is 0.0404. The van der Waals surface area contributed by atoms with Crippen molar-refractivity contribution >= 4 is 23.1 Å². The number of nitrogens with zero attached hydrogens (tertiary/aromatic N) is 3. The van der Waals surface area contributed by atoms with Gasteiger partial charge in [-0.05, 0) is 21.0 Å². The van der Waals surface area contributed by atoms with Crippen molar-refractivity contribution in [3.63, 3.8) is 0 Å². The molecule has 0 spiro atoms. The van der Waals surface area contributed by atoms with E-state index in [2.05, 4.69) is 11.9 Å². The van der Waals surface area contributed by atoms with Gasteiger partial charge in [-0.3, -0.25) is 9.69 Å². The van der Waals surface area contributed by atoms with Crippen LogP contribution >= 0.6 is 12.2 Å². The first-order valence-electron chi connectivity index (χ1n) is 5.87. The summed E-state index contributed by atoms with van der Waals surface area (Å²) in [4.78, 5) is 18.5. The Morgan fingerprint density at radius 1 is 1.41 bits per heavy atom. The Bertz CT molecular complexity index is 289. The Kier molecular flexibility index (Phi) is 5.30. The van der Waals surface area contributed by atoms with Crippen LogP contribution in [0.15, 0.2) is 0 Å².